The molecule has 2 N–H and O–H groups in total. The van der Waals surface area contributed by atoms with Gasteiger partial charge in [0.15, 0.2) is 11.5 Å². The molecule has 2 aromatic heterocycles. The lowest BCUT2D eigenvalue weighted by molar-refractivity contribution is -0.152. The molecule has 2 saturated carbocycles. The minimum absolute atomic E-state index is 0.0128. The summed E-state index contributed by atoms with van der Waals surface area (Å²) in [4.78, 5) is 42.7. The molecule has 1 atom stereocenters. The van der Waals surface area contributed by atoms with Crippen LogP contribution >= 0.6 is 23.2 Å². The zero-order chi connectivity index (χ0) is 31.9. The number of hydrogen-bond acceptors (Lipinski definition) is 5. The van der Waals surface area contributed by atoms with Crippen molar-refractivity contribution in [2.75, 3.05) is 0 Å². The van der Waals surface area contributed by atoms with Gasteiger partial charge in [0.1, 0.15) is 5.15 Å². The molecule has 4 rings (SSSR count). The number of amides is 1. The Morgan fingerprint density at radius 1 is 1.09 bits per heavy atom. The van der Waals surface area contributed by atoms with Crippen LogP contribution in [0.1, 0.15) is 117 Å². The molecule has 2 aromatic rings. The quantitative estimate of drug-likeness (QED) is 0.225. The van der Waals surface area contributed by atoms with Gasteiger partial charge in [0.05, 0.1) is 33.8 Å². The molecular formula is C30H37Cl2F3N4O4. The van der Waals surface area contributed by atoms with E-state index in [2.05, 4.69) is 29.2 Å². The molecule has 43 heavy (non-hydrogen) atoms. The van der Waals surface area contributed by atoms with Gasteiger partial charge in [-0.25, -0.2) is 4.98 Å². The molecule has 2 fully saturated rings. The van der Waals surface area contributed by atoms with E-state index >= 15 is 0 Å². The van der Waals surface area contributed by atoms with E-state index in [1.54, 1.807) is 13.8 Å². The monoisotopic (exact) mass is 644 g/mol. The number of rotatable bonds is 8. The van der Waals surface area contributed by atoms with Gasteiger partial charge in [0.25, 0.3) is 5.91 Å². The van der Waals surface area contributed by atoms with Crippen LogP contribution in [0.2, 0.25) is 10.2 Å². The van der Waals surface area contributed by atoms with Gasteiger partial charge in [0, 0.05) is 18.2 Å². The summed E-state index contributed by atoms with van der Waals surface area (Å²) in [6.07, 6.45) is -0.473. The molecule has 13 heteroatoms. The number of carboxylic acids is 1. The molecule has 8 nitrogen and oxygen atoms in total. The van der Waals surface area contributed by atoms with Gasteiger partial charge >= 0.3 is 12.1 Å². The highest BCUT2D eigenvalue weighted by atomic mass is 35.5. The number of carbonyl (C=O) groups is 3. The number of alkyl halides is 3. The molecule has 2 aliphatic carbocycles. The number of carbonyl (C=O) groups excluding carboxylic acids is 2. The summed E-state index contributed by atoms with van der Waals surface area (Å²) in [7, 11) is 0. The average molecular weight is 646 g/mol. The Morgan fingerprint density at radius 3 is 2.23 bits per heavy atom. The maximum Gasteiger partial charge on any atom is 0.433 e. The second-order valence-electron chi connectivity index (χ2n) is 13.1. The van der Waals surface area contributed by atoms with Gasteiger partial charge in [-0.15, -0.1) is 0 Å². The third kappa shape index (κ3) is 7.36. The Kier molecular flexibility index (Phi) is 9.57. The molecule has 236 valence electrons. The zero-order valence-electron chi connectivity index (χ0n) is 24.7. The van der Waals surface area contributed by atoms with E-state index in [4.69, 9.17) is 23.2 Å². The third-order valence-corrected chi connectivity index (χ3v) is 9.81. The molecule has 0 aliphatic heterocycles. The van der Waals surface area contributed by atoms with Crippen LogP contribution in [0.25, 0.3) is 0 Å². The first-order chi connectivity index (χ1) is 19.9. The van der Waals surface area contributed by atoms with Gasteiger partial charge in [-0.3, -0.25) is 19.1 Å². The summed E-state index contributed by atoms with van der Waals surface area (Å²) in [6.45, 7) is 7.52. The highest BCUT2D eigenvalue weighted by Crippen LogP contribution is 2.44. The fourth-order valence-electron chi connectivity index (χ4n) is 6.34. The van der Waals surface area contributed by atoms with Crippen molar-refractivity contribution in [1.82, 2.24) is 20.1 Å². The van der Waals surface area contributed by atoms with Crippen LogP contribution in [0.5, 0.6) is 0 Å². The Morgan fingerprint density at radius 2 is 1.70 bits per heavy atom. The summed E-state index contributed by atoms with van der Waals surface area (Å²) in [5, 5.41) is 16.3. The third-order valence-electron chi connectivity index (χ3n) is 9.24. The molecule has 1 amide bonds. The number of nitrogens with one attached hydrogen (secondary N) is 1. The summed E-state index contributed by atoms with van der Waals surface area (Å²) in [5.41, 5.74) is -2.23. The van der Waals surface area contributed by atoms with E-state index in [0.717, 1.165) is 23.7 Å². The van der Waals surface area contributed by atoms with Crippen LogP contribution in [-0.2, 0) is 11.0 Å². The minimum atomic E-state index is -4.90. The lowest BCUT2D eigenvalue weighted by Gasteiger charge is -2.38. The van der Waals surface area contributed by atoms with Gasteiger partial charge in [-0.2, -0.15) is 18.3 Å². The van der Waals surface area contributed by atoms with Crippen molar-refractivity contribution in [2.45, 2.75) is 104 Å². The van der Waals surface area contributed by atoms with Crippen molar-refractivity contribution in [3.8, 4) is 0 Å². The number of hydrogen-bond donors (Lipinski definition) is 2. The molecule has 0 saturated heterocycles. The van der Waals surface area contributed by atoms with E-state index in [1.807, 2.05) is 0 Å². The highest BCUT2D eigenvalue weighted by molar-refractivity contribution is 6.39. The second kappa shape index (κ2) is 12.4. The molecular weight excluding hydrogens is 608 g/mol. The molecule has 1 unspecified atom stereocenters. The Balaban J connectivity index is 1.62. The van der Waals surface area contributed by atoms with E-state index in [1.165, 1.54) is 6.07 Å². The van der Waals surface area contributed by atoms with Crippen LogP contribution < -0.4 is 5.32 Å². The Labute approximate surface area is 258 Å². The number of pyridine rings is 1. The van der Waals surface area contributed by atoms with Crippen molar-refractivity contribution in [3.05, 3.63) is 45.0 Å². The maximum absolute atomic E-state index is 14.4. The number of aliphatic carboxylic acids is 1. The van der Waals surface area contributed by atoms with Crippen molar-refractivity contribution in [2.24, 2.45) is 16.7 Å². The standard InChI is InChI=1S/C30H37Cl2F3N4O4/c1-16-13-20(31)23(25(32)37-16)22(40)14-21(17-5-9-28(2,3)10-6-17)38-26(41)19-15-36-39(24(19)30(33,34)35)18-7-11-29(4,12-8-18)27(42)43/h13,15,17-18,21H,5-12,14H2,1-4H3,(H,38,41)(H,42,43). The first-order valence-electron chi connectivity index (χ1n) is 14.5. The van der Waals surface area contributed by atoms with E-state index in [9.17, 15) is 32.7 Å². The molecule has 0 spiro atoms. The largest absolute Gasteiger partial charge is 0.481 e. The van der Waals surface area contributed by atoms with Crippen molar-refractivity contribution < 1.29 is 32.7 Å². The fourth-order valence-corrected chi connectivity index (χ4v) is 7.08. The lowest BCUT2D eigenvalue weighted by atomic mass is 9.70. The molecule has 0 aromatic carbocycles. The van der Waals surface area contributed by atoms with Crippen LogP contribution in [-0.4, -0.2) is 43.6 Å². The Hall–Kier alpha value is -2.66. The topological polar surface area (TPSA) is 114 Å². The predicted molar refractivity (Wildman–Crippen MR) is 155 cm³/mol. The van der Waals surface area contributed by atoms with Crippen molar-refractivity contribution >= 4 is 40.9 Å². The van der Waals surface area contributed by atoms with Crippen LogP contribution in [0.4, 0.5) is 13.2 Å². The minimum Gasteiger partial charge on any atom is -0.481 e. The van der Waals surface area contributed by atoms with E-state index in [-0.39, 0.29) is 59.2 Å². The van der Waals surface area contributed by atoms with Crippen LogP contribution in [0, 0.1) is 23.7 Å². The lowest BCUT2D eigenvalue weighted by Crippen LogP contribution is -2.44. The fraction of sp³-hybridized carbons (Fsp3) is 0.633. The van der Waals surface area contributed by atoms with Crippen LogP contribution in [0.3, 0.4) is 0 Å². The molecule has 0 bridgehead atoms. The van der Waals surface area contributed by atoms with Gasteiger partial charge in [0.2, 0.25) is 0 Å². The number of aromatic nitrogens is 3. The summed E-state index contributed by atoms with van der Waals surface area (Å²) >= 11 is 12.6. The smallest absolute Gasteiger partial charge is 0.433 e. The first-order valence-corrected chi connectivity index (χ1v) is 15.2. The summed E-state index contributed by atoms with van der Waals surface area (Å²) in [6, 6.07) is 0.0212. The van der Waals surface area contributed by atoms with Crippen LogP contribution in [0.15, 0.2) is 12.3 Å². The second-order valence-corrected chi connectivity index (χ2v) is 13.8. The number of aryl methyl sites for hydroxylation is 1. The molecule has 0 radical (unpaired) electrons. The highest BCUT2D eigenvalue weighted by Gasteiger charge is 2.45. The molecule has 2 aliphatic rings. The van der Waals surface area contributed by atoms with Crippen molar-refractivity contribution in [1.29, 1.82) is 0 Å². The molecule has 2 heterocycles. The van der Waals surface area contributed by atoms with E-state index in [0.29, 0.717) is 18.5 Å². The Bertz CT molecular complexity index is 1370. The summed E-state index contributed by atoms with van der Waals surface area (Å²) in [5.74, 6) is -2.59. The number of carboxylic acid groups (broad SMARTS) is 1. The predicted octanol–water partition coefficient (Wildman–Crippen LogP) is 7.71. The number of halogens is 5. The SMILES string of the molecule is Cc1cc(Cl)c(C(=O)CC(NC(=O)c2cnn(C3CCC(C)(C(=O)O)CC3)c2C(F)(F)F)C2CCC(C)(C)CC2)c(Cl)n1. The zero-order valence-corrected chi connectivity index (χ0v) is 26.2. The number of Topliss-reactive ketones (excluding diaryl/α,β-unsaturated/α-hetero) is 1. The number of ketones is 1. The maximum atomic E-state index is 14.4. The first kappa shape index (κ1) is 33.2. The van der Waals surface area contributed by atoms with Gasteiger partial charge in [-0.05, 0) is 82.6 Å². The van der Waals surface area contributed by atoms with Gasteiger partial charge < -0.3 is 10.4 Å². The van der Waals surface area contributed by atoms with E-state index < -0.39 is 52.6 Å². The summed E-state index contributed by atoms with van der Waals surface area (Å²) < 4.78 is 44.1. The normalized spacial score (nSPS) is 23.5. The van der Waals surface area contributed by atoms with Gasteiger partial charge in [-0.1, -0.05) is 37.0 Å². The average Bonchev–Trinajstić information content (AvgIpc) is 3.34. The van der Waals surface area contributed by atoms with Crippen molar-refractivity contribution in [3.63, 3.8) is 0 Å². The number of nitrogens with zero attached hydrogens (tertiary/aromatic N) is 3.